The van der Waals surface area contributed by atoms with E-state index in [4.69, 9.17) is 16.9 Å². The van der Waals surface area contributed by atoms with Crippen molar-refractivity contribution in [2.75, 3.05) is 6.54 Å². The van der Waals surface area contributed by atoms with E-state index < -0.39 is 10.0 Å². The maximum Gasteiger partial charge on any atom is 0.244 e. The zero-order valence-electron chi connectivity index (χ0n) is 12.0. The van der Waals surface area contributed by atoms with Crippen LogP contribution in [-0.2, 0) is 10.0 Å². The molecule has 0 aliphatic heterocycles. The van der Waals surface area contributed by atoms with Crippen molar-refractivity contribution < 1.29 is 8.42 Å². The summed E-state index contributed by atoms with van der Waals surface area (Å²) in [6.45, 7) is 2.28. The van der Waals surface area contributed by atoms with Crippen LogP contribution in [-0.4, -0.2) is 25.3 Å². The van der Waals surface area contributed by atoms with Crippen LogP contribution in [0.4, 0.5) is 0 Å². The monoisotopic (exact) mass is 326 g/mol. The van der Waals surface area contributed by atoms with Crippen LogP contribution in [0, 0.1) is 11.3 Å². The van der Waals surface area contributed by atoms with E-state index in [0.717, 1.165) is 25.7 Å². The lowest BCUT2D eigenvalue weighted by Gasteiger charge is -2.32. The van der Waals surface area contributed by atoms with Crippen molar-refractivity contribution in [3.63, 3.8) is 0 Å². The van der Waals surface area contributed by atoms with Gasteiger partial charge in [0.15, 0.2) is 0 Å². The molecule has 0 heterocycles. The van der Waals surface area contributed by atoms with Gasteiger partial charge in [0, 0.05) is 12.6 Å². The summed E-state index contributed by atoms with van der Waals surface area (Å²) in [6, 6.07) is 6.35. The molecule has 2 rings (SSSR count). The number of sulfonamides is 1. The quantitative estimate of drug-likeness (QED) is 0.850. The first-order chi connectivity index (χ1) is 10.0. The van der Waals surface area contributed by atoms with E-state index in [-0.39, 0.29) is 16.0 Å². The predicted octanol–water partition coefficient (Wildman–Crippen LogP) is 3.55. The van der Waals surface area contributed by atoms with Gasteiger partial charge < -0.3 is 0 Å². The van der Waals surface area contributed by atoms with Crippen LogP contribution in [0.2, 0.25) is 5.02 Å². The summed E-state index contributed by atoms with van der Waals surface area (Å²) in [5, 5.41) is 8.96. The van der Waals surface area contributed by atoms with Crippen molar-refractivity contribution >= 4 is 21.6 Å². The van der Waals surface area contributed by atoms with Crippen molar-refractivity contribution in [1.82, 2.24) is 4.31 Å². The van der Waals surface area contributed by atoms with Crippen molar-refractivity contribution in [2.45, 2.75) is 50.0 Å². The van der Waals surface area contributed by atoms with E-state index in [2.05, 4.69) is 0 Å². The van der Waals surface area contributed by atoms with E-state index in [0.29, 0.717) is 12.1 Å². The Morgan fingerprint density at radius 1 is 1.33 bits per heavy atom. The molecule has 0 N–H and O–H groups in total. The molecular weight excluding hydrogens is 308 g/mol. The first-order valence-corrected chi connectivity index (χ1v) is 9.04. The summed E-state index contributed by atoms with van der Waals surface area (Å²) in [6.07, 6.45) is 5.11. The molecule has 0 bridgehead atoms. The zero-order chi connectivity index (χ0) is 15.5. The summed E-state index contributed by atoms with van der Waals surface area (Å²) >= 11 is 6.08. The van der Waals surface area contributed by atoms with Crippen molar-refractivity contribution in [3.8, 4) is 6.07 Å². The van der Waals surface area contributed by atoms with Gasteiger partial charge in [0.2, 0.25) is 10.0 Å². The van der Waals surface area contributed by atoms with Gasteiger partial charge in [-0.3, -0.25) is 0 Å². The molecule has 0 saturated heterocycles. The van der Waals surface area contributed by atoms with E-state index >= 15 is 0 Å². The minimum atomic E-state index is -3.61. The largest absolute Gasteiger partial charge is 0.244 e. The third-order valence-electron chi connectivity index (χ3n) is 3.94. The standard InChI is InChI=1S/C15H19ClN2O2S/c1-2-18(13-6-4-3-5-7-13)21(19,20)15-9-8-12(11-17)10-14(15)16/h8-10,13H,2-7H2,1H3. The van der Waals surface area contributed by atoms with Gasteiger partial charge >= 0.3 is 0 Å². The van der Waals surface area contributed by atoms with E-state index in [1.54, 1.807) is 4.31 Å². The Balaban J connectivity index is 2.37. The van der Waals surface area contributed by atoms with Gasteiger partial charge in [-0.25, -0.2) is 8.42 Å². The molecule has 0 radical (unpaired) electrons. The molecular formula is C15H19ClN2O2S. The Bertz CT molecular complexity index is 646. The van der Waals surface area contributed by atoms with Gasteiger partial charge in [-0.05, 0) is 31.0 Å². The SMILES string of the molecule is CCN(C1CCCCC1)S(=O)(=O)c1ccc(C#N)cc1Cl. The minimum Gasteiger partial charge on any atom is -0.207 e. The fourth-order valence-electron chi connectivity index (χ4n) is 2.90. The predicted molar refractivity (Wildman–Crippen MR) is 82.6 cm³/mol. The van der Waals surface area contributed by atoms with E-state index in [9.17, 15) is 8.42 Å². The van der Waals surface area contributed by atoms with Gasteiger partial charge in [0.25, 0.3) is 0 Å². The first kappa shape index (κ1) is 16.3. The van der Waals surface area contributed by atoms with Crippen molar-refractivity contribution in [3.05, 3.63) is 28.8 Å². The molecule has 1 saturated carbocycles. The highest BCUT2D eigenvalue weighted by Crippen LogP contribution is 2.31. The third-order valence-corrected chi connectivity index (χ3v) is 6.45. The second-order valence-electron chi connectivity index (χ2n) is 5.26. The Kier molecular flexibility index (Phi) is 5.26. The van der Waals surface area contributed by atoms with Gasteiger partial charge in [0.1, 0.15) is 4.90 Å². The van der Waals surface area contributed by atoms with Crippen LogP contribution < -0.4 is 0 Å². The minimum absolute atomic E-state index is 0.0560. The fraction of sp³-hybridized carbons (Fsp3) is 0.533. The molecule has 4 nitrogen and oxygen atoms in total. The number of halogens is 1. The summed E-state index contributed by atoms with van der Waals surface area (Å²) in [4.78, 5) is 0.0931. The maximum atomic E-state index is 12.8. The molecule has 0 spiro atoms. The Labute approximate surface area is 131 Å². The third kappa shape index (κ3) is 3.39. The zero-order valence-corrected chi connectivity index (χ0v) is 13.6. The van der Waals surface area contributed by atoms with Crippen LogP contribution in [0.3, 0.4) is 0 Å². The average molecular weight is 327 g/mol. The number of nitriles is 1. The fourth-order valence-corrected chi connectivity index (χ4v) is 5.11. The number of nitrogens with zero attached hydrogens (tertiary/aromatic N) is 2. The molecule has 0 aromatic heterocycles. The summed E-state index contributed by atoms with van der Waals surface area (Å²) in [5.41, 5.74) is 0.361. The summed E-state index contributed by atoms with van der Waals surface area (Å²) in [5.74, 6) is 0. The molecule has 114 valence electrons. The molecule has 1 aromatic rings. The molecule has 1 aliphatic rings. The lowest BCUT2D eigenvalue weighted by atomic mass is 9.95. The van der Waals surface area contributed by atoms with Gasteiger partial charge in [-0.2, -0.15) is 9.57 Å². The molecule has 1 aliphatic carbocycles. The Morgan fingerprint density at radius 3 is 2.52 bits per heavy atom. The Hall–Kier alpha value is -1.09. The van der Waals surface area contributed by atoms with Crippen LogP contribution in [0.1, 0.15) is 44.6 Å². The Morgan fingerprint density at radius 2 is 2.00 bits per heavy atom. The van der Waals surface area contributed by atoms with Crippen LogP contribution in [0.25, 0.3) is 0 Å². The van der Waals surface area contributed by atoms with Gasteiger partial charge in [-0.1, -0.05) is 37.8 Å². The number of rotatable bonds is 4. The van der Waals surface area contributed by atoms with Gasteiger partial charge in [0.05, 0.1) is 16.7 Å². The topological polar surface area (TPSA) is 61.2 Å². The van der Waals surface area contributed by atoms with Crippen LogP contribution in [0.15, 0.2) is 23.1 Å². The first-order valence-electron chi connectivity index (χ1n) is 7.22. The second-order valence-corrected chi connectivity index (χ2v) is 7.52. The molecule has 1 aromatic carbocycles. The highest BCUT2D eigenvalue weighted by molar-refractivity contribution is 7.89. The van der Waals surface area contributed by atoms with Crippen LogP contribution >= 0.6 is 11.6 Å². The van der Waals surface area contributed by atoms with E-state index in [1.807, 2.05) is 13.0 Å². The van der Waals surface area contributed by atoms with Crippen LogP contribution in [0.5, 0.6) is 0 Å². The summed E-state index contributed by atoms with van der Waals surface area (Å²) < 4.78 is 27.2. The molecule has 0 unspecified atom stereocenters. The second kappa shape index (κ2) is 6.78. The summed E-state index contributed by atoms with van der Waals surface area (Å²) in [7, 11) is -3.61. The molecule has 1 fully saturated rings. The van der Waals surface area contributed by atoms with Gasteiger partial charge in [-0.15, -0.1) is 0 Å². The molecule has 6 heteroatoms. The number of benzene rings is 1. The smallest absolute Gasteiger partial charge is 0.207 e. The highest BCUT2D eigenvalue weighted by atomic mass is 35.5. The molecule has 0 amide bonds. The number of hydrogen-bond donors (Lipinski definition) is 0. The number of hydrogen-bond acceptors (Lipinski definition) is 3. The normalized spacial score (nSPS) is 16.9. The highest BCUT2D eigenvalue weighted by Gasteiger charge is 2.32. The lowest BCUT2D eigenvalue weighted by Crippen LogP contribution is -2.41. The van der Waals surface area contributed by atoms with Crippen molar-refractivity contribution in [2.24, 2.45) is 0 Å². The molecule has 21 heavy (non-hydrogen) atoms. The van der Waals surface area contributed by atoms with E-state index in [1.165, 1.54) is 24.6 Å². The maximum absolute atomic E-state index is 12.8. The molecule has 0 atom stereocenters. The van der Waals surface area contributed by atoms with Crippen molar-refractivity contribution in [1.29, 1.82) is 5.26 Å². The lowest BCUT2D eigenvalue weighted by molar-refractivity contribution is 0.261. The average Bonchev–Trinajstić information content (AvgIpc) is 2.48.